The minimum atomic E-state index is -0.928. The average molecular weight is 332 g/mol. The minimum absolute atomic E-state index is 0.162. The summed E-state index contributed by atoms with van der Waals surface area (Å²) in [6.45, 7) is 6.38. The fraction of sp³-hybridized carbons (Fsp3) is 0.857. The SMILES string of the molecule is C[C@H](O)[C@]1(O)CC[C@@H]2[C@@H]3CCC4=CC(=O)CC[C@@]4(C)[C@H]3CC[C@@]21C. The van der Waals surface area contributed by atoms with Gasteiger partial charge in [0.1, 0.15) is 0 Å². The number of rotatable bonds is 1. The molecule has 3 heteroatoms. The number of ketones is 1. The number of hydrogen-bond donors (Lipinski definition) is 2. The number of aliphatic hydroxyl groups excluding tert-OH is 1. The topological polar surface area (TPSA) is 57.5 Å². The molecule has 0 aromatic rings. The van der Waals surface area contributed by atoms with E-state index in [-0.39, 0.29) is 10.8 Å². The van der Waals surface area contributed by atoms with Crippen molar-refractivity contribution in [2.45, 2.75) is 83.8 Å². The lowest BCUT2D eigenvalue weighted by Gasteiger charge is -2.59. The van der Waals surface area contributed by atoms with Crippen molar-refractivity contribution >= 4 is 5.78 Å². The number of fused-ring (bicyclic) bond motifs is 5. The molecule has 7 atom stereocenters. The Morgan fingerprint density at radius 1 is 1.08 bits per heavy atom. The number of hydrogen-bond acceptors (Lipinski definition) is 3. The van der Waals surface area contributed by atoms with E-state index in [9.17, 15) is 15.0 Å². The molecular formula is C21H32O3. The molecule has 0 bridgehead atoms. The molecule has 0 spiro atoms. The highest BCUT2D eigenvalue weighted by molar-refractivity contribution is 5.91. The Labute approximate surface area is 145 Å². The van der Waals surface area contributed by atoms with Crippen molar-refractivity contribution in [3.05, 3.63) is 11.6 Å². The molecule has 4 aliphatic carbocycles. The van der Waals surface area contributed by atoms with Crippen LogP contribution in [0.4, 0.5) is 0 Å². The molecule has 3 saturated carbocycles. The third kappa shape index (κ3) is 1.94. The highest BCUT2D eigenvalue weighted by Crippen LogP contribution is 2.67. The molecular weight excluding hydrogens is 300 g/mol. The molecule has 4 aliphatic rings. The van der Waals surface area contributed by atoms with Crippen LogP contribution in [0.15, 0.2) is 11.6 Å². The van der Waals surface area contributed by atoms with Gasteiger partial charge in [-0.15, -0.1) is 0 Å². The second kappa shape index (κ2) is 5.17. The van der Waals surface area contributed by atoms with E-state index in [1.54, 1.807) is 6.92 Å². The van der Waals surface area contributed by atoms with Gasteiger partial charge in [-0.2, -0.15) is 0 Å². The molecule has 24 heavy (non-hydrogen) atoms. The smallest absolute Gasteiger partial charge is 0.155 e. The van der Waals surface area contributed by atoms with Crippen LogP contribution in [-0.2, 0) is 4.79 Å². The van der Waals surface area contributed by atoms with Gasteiger partial charge in [-0.05, 0) is 81.1 Å². The standard InChI is InChI=1S/C21H32O3/c1-13(22)21(24)11-8-18-16-5-4-14-12-15(23)6-9-19(14,2)17(16)7-10-20(18,21)3/h12-13,16-18,22,24H,4-11H2,1-3H3/t13-,16+,17-,18+,19+,20-,21+/m0/s1. The van der Waals surface area contributed by atoms with Gasteiger partial charge in [0.05, 0.1) is 11.7 Å². The monoisotopic (exact) mass is 332 g/mol. The molecule has 0 radical (unpaired) electrons. The van der Waals surface area contributed by atoms with Gasteiger partial charge >= 0.3 is 0 Å². The summed E-state index contributed by atoms with van der Waals surface area (Å²) >= 11 is 0. The van der Waals surface area contributed by atoms with Gasteiger partial charge in [-0.1, -0.05) is 19.4 Å². The first-order valence-electron chi connectivity index (χ1n) is 9.87. The number of carbonyl (C=O) groups is 1. The Morgan fingerprint density at radius 3 is 2.50 bits per heavy atom. The zero-order valence-corrected chi connectivity index (χ0v) is 15.3. The molecule has 0 aromatic heterocycles. The van der Waals surface area contributed by atoms with E-state index in [0.29, 0.717) is 30.0 Å². The van der Waals surface area contributed by atoms with Crippen LogP contribution in [-0.4, -0.2) is 27.7 Å². The third-order valence-electron chi connectivity index (χ3n) is 8.87. The van der Waals surface area contributed by atoms with Gasteiger partial charge < -0.3 is 10.2 Å². The number of aliphatic hydroxyl groups is 2. The first-order chi connectivity index (χ1) is 11.2. The lowest BCUT2D eigenvalue weighted by atomic mass is 9.46. The van der Waals surface area contributed by atoms with Crippen LogP contribution in [0.2, 0.25) is 0 Å². The molecule has 0 unspecified atom stereocenters. The second-order valence-corrected chi connectivity index (χ2v) is 9.56. The van der Waals surface area contributed by atoms with Gasteiger partial charge in [0.25, 0.3) is 0 Å². The largest absolute Gasteiger partial charge is 0.390 e. The van der Waals surface area contributed by atoms with E-state index in [1.165, 1.54) is 5.57 Å². The molecule has 0 heterocycles. The predicted octanol–water partition coefficient (Wildman–Crippen LogP) is 3.63. The first-order valence-corrected chi connectivity index (χ1v) is 9.87. The third-order valence-corrected chi connectivity index (χ3v) is 8.87. The molecule has 2 N–H and O–H groups in total. The van der Waals surface area contributed by atoms with Gasteiger partial charge in [-0.3, -0.25) is 4.79 Å². The fourth-order valence-electron chi connectivity index (χ4n) is 7.30. The van der Waals surface area contributed by atoms with Crippen molar-refractivity contribution in [2.24, 2.45) is 28.6 Å². The van der Waals surface area contributed by atoms with Crippen molar-refractivity contribution in [1.29, 1.82) is 0 Å². The van der Waals surface area contributed by atoms with Gasteiger partial charge in [0.15, 0.2) is 5.78 Å². The Kier molecular flexibility index (Phi) is 3.61. The van der Waals surface area contributed by atoms with Crippen molar-refractivity contribution in [3.8, 4) is 0 Å². The maximum absolute atomic E-state index is 11.9. The lowest BCUT2D eigenvalue weighted by Crippen LogP contribution is -2.58. The van der Waals surface area contributed by atoms with E-state index in [4.69, 9.17) is 0 Å². The second-order valence-electron chi connectivity index (χ2n) is 9.56. The highest BCUT2D eigenvalue weighted by atomic mass is 16.3. The van der Waals surface area contributed by atoms with E-state index < -0.39 is 11.7 Å². The van der Waals surface area contributed by atoms with E-state index in [2.05, 4.69) is 13.8 Å². The maximum Gasteiger partial charge on any atom is 0.155 e. The van der Waals surface area contributed by atoms with Crippen molar-refractivity contribution in [3.63, 3.8) is 0 Å². The molecule has 3 nitrogen and oxygen atoms in total. The highest BCUT2D eigenvalue weighted by Gasteiger charge is 2.65. The predicted molar refractivity (Wildman–Crippen MR) is 93.3 cm³/mol. The van der Waals surface area contributed by atoms with Gasteiger partial charge in [0, 0.05) is 11.8 Å². The molecule has 134 valence electrons. The summed E-state index contributed by atoms with van der Waals surface area (Å²) in [6, 6.07) is 0. The summed E-state index contributed by atoms with van der Waals surface area (Å²) in [4.78, 5) is 11.9. The summed E-state index contributed by atoms with van der Waals surface area (Å²) in [7, 11) is 0. The summed E-state index contributed by atoms with van der Waals surface area (Å²) in [5.41, 5.74) is 0.489. The zero-order valence-electron chi connectivity index (χ0n) is 15.3. The molecule has 0 saturated heterocycles. The maximum atomic E-state index is 11.9. The van der Waals surface area contributed by atoms with Gasteiger partial charge in [-0.25, -0.2) is 0 Å². The van der Waals surface area contributed by atoms with Crippen LogP contribution in [0.25, 0.3) is 0 Å². The van der Waals surface area contributed by atoms with E-state index in [0.717, 1.165) is 44.9 Å². The van der Waals surface area contributed by atoms with Crippen LogP contribution in [0.3, 0.4) is 0 Å². The van der Waals surface area contributed by atoms with Gasteiger partial charge in [0.2, 0.25) is 0 Å². The zero-order chi connectivity index (χ0) is 17.3. The van der Waals surface area contributed by atoms with E-state index in [1.807, 2.05) is 6.08 Å². The van der Waals surface area contributed by atoms with Crippen molar-refractivity contribution < 1.29 is 15.0 Å². The molecule has 0 aromatic carbocycles. The van der Waals surface area contributed by atoms with Crippen molar-refractivity contribution in [2.75, 3.05) is 0 Å². The van der Waals surface area contributed by atoms with Crippen LogP contribution in [0.1, 0.15) is 72.1 Å². The molecule has 0 aliphatic heterocycles. The summed E-state index contributed by atoms with van der Waals surface area (Å²) in [5.74, 6) is 2.09. The fourth-order valence-corrected chi connectivity index (χ4v) is 7.30. The summed E-state index contributed by atoms with van der Waals surface area (Å²) in [6.07, 6.45) is 9.07. The Morgan fingerprint density at radius 2 is 1.79 bits per heavy atom. The Bertz CT molecular complexity index is 594. The first kappa shape index (κ1) is 16.8. The normalized spacial score (nSPS) is 52.1. The van der Waals surface area contributed by atoms with Crippen LogP contribution >= 0.6 is 0 Å². The quantitative estimate of drug-likeness (QED) is 0.771. The molecule has 4 rings (SSSR count). The Hall–Kier alpha value is -0.670. The van der Waals surface area contributed by atoms with Crippen LogP contribution in [0.5, 0.6) is 0 Å². The van der Waals surface area contributed by atoms with Crippen LogP contribution in [0, 0.1) is 28.6 Å². The number of allylic oxidation sites excluding steroid dienone is 1. The minimum Gasteiger partial charge on any atom is -0.390 e. The Balaban J connectivity index is 1.69. The average Bonchev–Trinajstić information content (AvgIpc) is 2.81. The number of carbonyl (C=O) groups excluding carboxylic acids is 1. The summed E-state index contributed by atoms with van der Waals surface area (Å²) in [5, 5.41) is 21.5. The lowest BCUT2D eigenvalue weighted by molar-refractivity contribution is -0.171. The molecule has 0 amide bonds. The molecule has 3 fully saturated rings. The summed E-state index contributed by atoms with van der Waals surface area (Å²) < 4.78 is 0. The van der Waals surface area contributed by atoms with E-state index >= 15 is 0 Å². The van der Waals surface area contributed by atoms with Crippen LogP contribution < -0.4 is 0 Å². The van der Waals surface area contributed by atoms with Crippen molar-refractivity contribution in [1.82, 2.24) is 0 Å².